The number of hydrogen-bond acceptors (Lipinski definition) is 2. The third-order valence-electron chi connectivity index (χ3n) is 4.23. The zero-order chi connectivity index (χ0) is 20.9. The molecule has 0 aliphatic carbocycles. The van der Waals surface area contributed by atoms with Gasteiger partial charge in [-0.1, -0.05) is 57.2 Å². The summed E-state index contributed by atoms with van der Waals surface area (Å²) in [6.45, 7) is 17.7. The van der Waals surface area contributed by atoms with Gasteiger partial charge in [-0.25, -0.2) is 0 Å². The molecule has 0 unspecified atom stereocenters. The smallest absolute Gasteiger partial charge is 0.122 e. The van der Waals surface area contributed by atoms with E-state index in [9.17, 15) is 0 Å². The Labute approximate surface area is 172 Å². The van der Waals surface area contributed by atoms with Gasteiger partial charge in [0.1, 0.15) is 12.4 Å². The summed E-state index contributed by atoms with van der Waals surface area (Å²) < 4.78 is 6.12. The molecule has 0 heterocycles. The van der Waals surface area contributed by atoms with Crippen molar-refractivity contribution in [3.05, 3.63) is 77.9 Å². The van der Waals surface area contributed by atoms with E-state index in [2.05, 4.69) is 95.1 Å². The summed E-state index contributed by atoms with van der Waals surface area (Å²) >= 11 is 0. The summed E-state index contributed by atoms with van der Waals surface area (Å²) in [4.78, 5) is 0. The summed E-state index contributed by atoms with van der Waals surface area (Å²) in [5, 5.41) is 3.46. The molecule has 0 bridgehead atoms. The summed E-state index contributed by atoms with van der Waals surface area (Å²) in [5.74, 6) is 1.58. The molecule has 2 heteroatoms. The molecule has 2 aromatic carbocycles. The van der Waals surface area contributed by atoms with Crippen LogP contribution in [0.1, 0.15) is 57.7 Å². The Balaban J connectivity index is 0.00000122. The fourth-order valence-corrected chi connectivity index (χ4v) is 2.85. The largest absolute Gasteiger partial charge is 0.489 e. The highest BCUT2D eigenvalue weighted by Crippen LogP contribution is 2.25. The lowest BCUT2D eigenvalue weighted by molar-refractivity contribution is 0.304. The van der Waals surface area contributed by atoms with Gasteiger partial charge >= 0.3 is 0 Å². The van der Waals surface area contributed by atoms with E-state index >= 15 is 0 Å². The molecule has 0 aliphatic heterocycles. The minimum Gasteiger partial charge on any atom is -0.489 e. The van der Waals surface area contributed by atoms with Crippen LogP contribution in [0.15, 0.2) is 61.2 Å². The number of allylic oxidation sites excluding steroid dienone is 3. The van der Waals surface area contributed by atoms with Gasteiger partial charge in [-0.15, -0.1) is 6.58 Å². The molecular formula is C26H37NO. The fourth-order valence-electron chi connectivity index (χ4n) is 2.85. The highest BCUT2D eigenvalue weighted by molar-refractivity contribution is 5.66. The van der Waals surface area contributed by atoms with E-state index in [1.54, 1.807) is 6.08 Å². The number of rotatable bonds is 8. The number of ether oxygens (including phenoxy) is 1. The summed E-state index contributed by atoms with van der Waals surface area (Å²) in [7, 11) is 0. The topological polar surface area (TPSA) is 21.3 Å². The molecule has 0 amide bonds. The van der Waals surface area contributed by atoms with Gasteiger partial charge in [0.2, 0.25) is 0 Å². The number of anilines is 1. The van der Waals surface area contributed by atoms with Crippen molar-refractivity contribution in [2.75, 3.05) is 11.9 Å². The standard InChI is InChI=1S/C23H31NO.C3H6/c1-6-9-18(4)22-11-8-7-10-20(22)16-25-23-13-12-21(14-19(23)5)24-15-17(2)3;1-3-2/h7-14,17,24H,6,15-16H2,1-5H3;3H,1H2,2H3/b18-9-;. The van der Waals surface area contributed by atoms with Crippen molar-refractivity contribution in [3.63, 3.8) is 0 Å². The van der Waals surface area contributed by atoms with E-state index in [1.807, 2.05) is 6.92 Å². The molecule has 1 N–H and O–H groups in total. The Bertz CT molecular complexity index is 759. The van der Waals surface area contributed by atoms with Crippen LogP contribution >= 0.6 is 0 Å². The lowest BCUT2D eigenvalue weighted by atomic mass is 10.0. The molecule has 28 heavy (non-hydrogen) atoms. The van der Waals surface area contributed by atoms with E-state index in [4.69, 9.17) is 4.74 Å². The molecule has 0 atom stereocenters. The zero-order valence-corrected chi connectivity index (χ0v) is 18.5. The van der Waals surface area contributed by atoms with Crippen molar-refractivity contribution in [3.8, 4) is 5.75 Å². The maximum atomic E-state index is 6.12. The van der Waals surface area contributed by atoms with Crippen molar-refractivity contribution in [2.45, 2.75) is 54.6 Å². The Kier molecular flexibility index (Phi) is 10.8. The number of nitrogens with one attached hydrogen (secondary N) is 1. The van der Waals surface area contributed by atoms with Crippen LogP contribution in [0.5, 0.6) is 5.75 Å². The van der Waals surface area contributed by atoms with E-state index in [0.29, 0.717) is 12.5 Å². The Morgan fingerprint density at radius 3 is 2.46 bits per heavy atom. The van der Waals surface area contributed by atoms with Crippen LogP contribution in [-0.4, -0.2) is 6.54 Å². The van der Waals surface area contributed by atoms with Gasteiger partial charge in [-0.3, -0.25) is 0 Å². The van der Waals surface area contributed by atoms with Crippen LogP contribution in [0.3, 0.4) is 0 Å². The Morgan fingerprint density at radius 1 is 1.18 bits per heavy atom. The molecule has 2 nitrogen and oxygen atoms in total. The first-order valence-electron chi connectivity index (χ1n) is 10.2. The average Bonchev–Trinajstić information content (AvgIpc) is 2.66. The predicted molar refractivity (Wildman–Crippen MR) is 125 cm³/mol. The molecular weight excluding hydrogens is 342 g/mol. The monoisotopic (exact) mass is 379 g/mol. The first kappa shape index (κ1) is 23.6. The van der Waals surface area contributed by atoms with Crippen LogP contribution in [0, 0.1) is 12.8 Å². The van der Waals surface area contributed by atoms with Crippen LogP contribution in [0.4, 0.5) is 5.69 Å². The molecule has 2 aromatic rings. The first-order valence-corrected chi connectivity index (χ1v) is 10.2. The molecule has 0 fully saturated rings. The van der Waals surface area contributed by atoms with Gasteiger partial charge in [0.05, 0.1) is 0 Å². The van der Waals surface area contributed by atoms with Crippen molar-refractivity contribution in [1.82, 2.24) is 0 Å². The summed E-state index contributed by atoms with van der Waals surface area (Å²) in [6, 6.07) is 14.8. The molecule has 0 saturated carbocycles. The SMILES string of the molecule is C=CC.CC/C=C(/C)c1ccccc1COc1ccc(NCC(C)C)cc1C. The highest BCUT2D eigenvalue weighted by Gasteiger charge is 2.07. The van der Waals surface area contributed by atoms with Gasteiger partial charge in [0.15, 0.2) is 0 Å². The van der Waals surface area contributed by atoms with Gasteiger partial charge in [-0.05, 0) is 73.6 Å². The van der Waals surface area contributed by atoms with Gasteiger partial charge in [0, 0.05) is 12.2 Å². The van der Waals surface area contributed by atoms with Crippen molar-refractivity contribution in [2.24, 2.45) is 5.92 Å². The minimum atomic E-state index is 0.588. The second-order valence-electron chi connectivity index (χ2n) is 7.40. The predicted octanol–water partition coefficient (Wildman–Crippen LogP) is 7.65. The molecule has 0 saturated heterocycles. The summed E-state index contributed by atoms with van der Waals surface area (Å²) in [5.41, 5.74) is 6.13. The van der Waals surface area contributed by atoms with Crippen LogP contribution in [0.2, 0.25) is 0 Å². The second-order valence-corrected chi connectivity index (χ2v) is 7.40. The number of aryl methyl sites for hydroxylation is 1. The average molecular weight is 380 g/mol. The number of benzene rings is 2. The third-order valence-corrected chi connectivity index (χ3v) is 4.23. The maximum Gasteiger partial charge on any atom is 0.122 e. The molecule has 0 aromatic heterocycles. The minimum absolute atomic E-state index is 0.588. The zero-order valence-electron chi connectivity index (χ0n) is 18.5. The van der Waals surface area contributed by atoms with Gasteiger partial charge in [-0.2, -0.15) is 0 Å². The van der Waals surface area contributed by atoms with Gasteiger partial charge < -0.3 is 10.1 Å². The van der Waals surface area contributed by atoms with Crippen molar-refractivity contribution in [1.29, 1.82) is 0 Å². The van der Waals surface area contributed by atoms with Crippen molar-refractivity contribution >= 4 is 11.3 Å². The quantitative estimate of drug-likeness (QED) is 0.476. The summed E-state index contributed by atoms with van der Waals surface area (Å²) in [6.07, 6.45) is 5.06. The molecule has 2 rings (SSSR count). The molecule has 0 aliphatic rings. The number of hydrogen-bond donors (Lipinski definition) is 1. The lowest BCUT2D eigenvalue weighted by Crippen LogP contribution is -2.08. The lowest BCUT2D eigenvalue weighted by Gasteiger charge is -2.15. The van der Waals surface area contributed by atoms with Crippen LogP contribution in [0.25, 0.3) is 5.57 Å². The van der Waals surface area contributed by atoms with Crippen molar-refractivity contribution < 1.29 is 4.74 Å². The van der Waals surface area contributed by atoms with Gasteiger partial charge in [0.25, 0.3) is 0 Å². The fraction of sp³-hybridized carbons (Fsp3) is 0.385. The Hall–Kier alpha value is -2.48. The molecule has 152 valence electrons. The van der Waals surface area contributed by atoms with E-state index in [1.165, 1.54) is 16.7 Å². The third kappa shape index (κ3) is 8.04. The second kappa shape index (κ2) is 12.8. The Morgan fingerprint density at radius 2 is 1.86 bits per heavy atom. The normalized spacial score (nSPS) is 10.9. The van der Waals surface area contributed by atoms with E-state index in [-0.39, 0.29) is 0 Å². The van der Waals surface area contributed by atoms with E-state index < -0.39 is 0 Å². The highest BCUT2D eigenvalue weighted by atomic mass is 16.5. The molecule has 0 radical (unpaired) electrons. The van der Waals surface area contributed by atoms with E-state index in [0.717, 1.165) is 30.0 Å². The molecule has 0 spiro atoms. The van der Waals surface area contributed by atoms with Crippen LogP contribution in [-0.2, 0) is 6.61 Å². The maximum absolute atomic E-state index is 6.12. The van der Waals surface area contributed by atoms with Crippen LogP contribution < -0.4 is 10.1 Å². The first-order chi connectivity index (χ1) is 13.4.